The van der Waals surface area contributed by atoms with Gasteiger partial charge in [-0.3, -0.25) is 0 Å². The van der Waals surface area contributed by atoms with Crippen molar-refractivity contribution in [2.75, 3.05) is 36.4 Å². The molecule has 0 radical (unpaired) electrons. The SMILES string of the molecule is c1cn2ncnc2c(Nc2ccc(N3CCNCC3)cc2)n1. The predicted molar refractivity (Wildman–Crippen MR) is 85.6 cm³/mol. The number of hydrogen-bond donors (Lipinski definition) is 2. The molecule has 1 aliphatic heterocycles. The van der Waals surface area contributed by atoms with Gasteiger partial charge in [0, 0.05) is 49.9 Å². The summed E-state index contributed by atoms with van der Waals surface area (Å²) in [5, 5.41) is 10.8. The Kier molecular flexibility index (Phi) is 3.32. The van der Waals surface area contributed by atoms with E-state index in [9.17, 15) is 0 Å². The smallest absolute Gasteiger partial charge is 0.198 e. The van der Waals surface area contributed by atoms with Gasteiger partial charge in [-0.05, 0) is 24.3 Å². The van der Waals surface area contributed by atoms with E-state index in [1.807, 2.05) is 0 Å². The molecule has 4 rings (SSSR count). The number of nitrogens with one attached hydrogen (secondary N) is 2. The number of nitrogens with zero attached hydrogens (tertiary/aromatic N) is 5. The van der Waals surface area contributed by atoms with Crippen LogP contribution in [-0.2, 0) is 0 Å². The summed E-state index contributed by atoms with van der Waals surface area (Å²) in [6, 6.07) is 8.41. The van der Waals surface area contributed by atoms with Crippen LogP contribution in [0.25, 0.3) is 5.65 Å². The summed E-state index contributed by atoms with van der Waals surface area (Å²) >= 11 is 0. The van der Waals surface area contributed by atoms with Gasteiger partial charge in [0.05, 0.1) is 0 Å². The summed E-state index contributed by atoms with van der Waals surface area (Å²) < 4.78 is 1.70. The maximum Gasteiger partial charge on any atom is 0.198 e. The third-order valence-electron chi connectivity index (χ3n) is 3.81. The Morgan fingerprint density at radius 1 is 1.05 bits per heavy atom. The lowest BCUT2D eigenvalue weighted by molar-refractivity contribution is 0.589. The Labute approximate surface area is 128 Å². The minimum Gasteiger partial charge on any atom is -0.369 e. The van der Waals surface area contributed by atoms with Gasteiger partial charge < -0.3 is 15.5 Å². The van der Waals surface area contributed by atoms with Crippen molar-refractivity contribution in [2.45, 2.75) is 0 Å². The summed E-state index contributed by atoms with van der Waals surface area (Å²) in [6.07, 6.45) is 5.01. The van der Waals surface area contributed by atoms with Crippen LogP contribution in [0.3, 0.4) is 0 Å². The minimum absolute atomic E-state index is 0.704. The maximum absolute atomic E-state index is 4.33. The maximum atomic E-state index is 4.33. The second-order valence-electron chi connectivity index (χ2n) is 5.21. The van der Waals surface area contributed by atoms with Gasteiger partial charge in [-0.15, -0.1) is 0 Å². The number of anilines is 3. The van der Waals surface area contributed by atoms with Crippen molar-refractivity contribution in [2.24, 2.45) is 0 Å². The molecule has 3 aromatic rings. The lowest BCUT2D eigenvalue weighted by atomic mass is 10.2. The number of benzene rings is 1. The normalized spacial score (nSPS) is 15.2. The Morgan fingerprint density at radius 3 is 2.68 bits per heavy atom. The van der Waals surface area contributed by atoms with E-state index in [1.54, 1.807) is 16.9 Å². The van der Waals surface area contributed by atoms with Crippen molar-refractivity contribution in [3.63, 3.8) is 0 Å². The van der Waals surface area contributed by atoms with E-state index >= 15 is 0 Å². The van der Waals surface area contributed by atoms with Crippen molar-refractivity contribution in [1.29, 1.82) is 0 Å². The van der Waals surface area contributed by atoms with Crippen LogP contribution in [0.4, 0.5) is 17.2 Å². The van der Waals surface area contributed by atoms with E-state index in [0.717, 1.165) is 31.9 Å². The Balaban J connectivity index is 1.54. The lowest BCUT2D eigenvalue weighted by Crippen LogP contribution is -2.43. The molecule has 1 aromatic carbocycles. The highest BCUT2D eigenvalue weighted by molar-refractivity contribution is 5.70. The van der Waals surface area contributed by atoms with Gasteiger partial charge in [-0.2, -0.15) is 5.10 Å². The zero-order chi connectivity index (χ0) is 14.8. The molecule has 0 bridgehead atoms. The van der Waals surface area contributed by atoms with Crippen LogP contribution in [0.15, 0.2) is 43.0 Å². The average molecular weight is 295 g/mol. The molecule has 1 fully saturated rings. The van der Waals surface area contributed by atoms with Crippen LogP contribution in [0.2, 0.25) is 0 Å². The first-order valence-corrected chi connectivity index (χ1v) is 7.37. The van der Waals surface area contributed by atoms with Crippen LogP contribution < -0.4 is 15.5 Å². The number of rotatable bonds is 3. The minimum atomic E-state index is 0.704. The second kappa shape index (κ2) is 5.61. The molecule has 0 amide bonds. The molecule has 7 heteroatoms. The topological polar surface area (TPSA) is 70.4 Å². The summed E-state index contributed by atoms with van der Waals surface area (Å²) in [6.45, 7) is 4.18. The largest absolute Gasteiger partial charge is 0.369 e. The molecule has 1 aliphatic rings. The van der Waals surface area contributed by atoms with Crippen LogP contribution in [0.1, 0.15) is 0 Å². The highest BCUT2D eigenvalue weighted by atomic mass is 15.3. The average Bonchev–Trinajstić information content (AvgIpc) is 3.06. The molecule has 112 valence electrons. The fourth-order valence-electron chi connectivity index (χ4n) is 2.66. The Hall–Kier alpha value is -2.67. The first-order chi connectivity index (χ1) is 10.9. The van der Waals surface area contributed by atoms with Crippen LogP contribution in [0.5, 0.6) is 0 Å². The molecule has 0 atom stereocenters. The zero-order valence-corrected chi connectivity index (χ0v) is 12.1. The zero-order valence-electron chi connectivity index (χ0n) is 12.1. The molecule has 7 nitrogen and oxygen atoms in total. The quantitative estimate of drug-likeness (QED) is 0.758. The summed E-state index contributed by atoms with van der Waals surface area (Å²) in [5.74, 6) is 0.704. The van der Waals surface area contributed by atoms with E-state index in [4.69, 9.17) is 0 Å². The molecule has 0 saturated carbocycles. The second-order valence-corrected chi connectivity index (χ2v) is 5.21. The van der Waals surface area contributed by atoms with Crippen molar-refractivity contribution in [3.8, 4) is 0 Å². The van der Waals surface area contributed by atoms with Gasteiger partial charge in [0.15, 0.2) is 11.5 Å². The molecule has 2 aromatic heterocycles. The third-order valence-corrected chi connectivity index (χ3v) is 3.81. The number of hydrogen-bond acceptors (Lipinski definition) is 6. The van der Waals surface area contributed by atoms with Gasteiger partial charge in [-0.25, -0.2) is 14.5 Å². The van der Waals surface area contributed by atoms with Crippen molar-refractivity contribution < 1.29 is 0 Å². The molecule has 0 aliphatic carbocycles. The monoisotopic (exact) mass is 295 g/mol. The van der Waals surface area contributed by atoms with Gasteiger partial charge >= 0.3 is 0 Å². The number of aromatic nitrogens is 4. The van der Waals surface area contributed by atoms with Crippen LogP contribution >= 0.6 is 0 Å². The van der Waals surface area contributed by atoms with Crippen LogP contribution in [0, 0.1) is 0 Å². The fraction of sp³-hybridized carbons (Fsp3) is 0.267. The van der Waals surface area contributed by atoms with E-state index < -0.39 is 0 Å². The fourth-order valence-corrected chi connectivity index (χ4v) is 2.66. The van der Waals surface area contributed by atoms with Crippen molar-refractivity contribution in [1.82, 2.24) is 24.9 Å². The number of fused-ring (bicyclic) bond motifs is 1. The van der Waals surface area contributed by atoms with Gasteiger partial charge in [0.25, 0.3) is 0 Å². The van der Waals surface area contributed by atoms with E-state index in [-0.39, 0.29) is 0 Å². The van der Waals surface area contributed by atoms with Gasteiger partial charge in [0.1, 0.15) is 6.33 Å². The van der Waals surface area contributed by atoms with E-state index in [1.165, 1.54) is 12.0 Å². The molecule has 3 heterocycles. The molecule has 1 saturated heterocycles. The summed E-state index contributed by atoms with van der Waals surface area (Å²) in [7, 11) is 0. The van der Waals surface area contributed by atoms with E-state index in [0.29, 0.717) is 11.5 Å². The Morgan fingerprint density at radius 2 is 1.86 bits per heavy atom. The molecular formula is C15H17N7. The van der Waals surface area contributed by atoms with E-state index in [2.05, 4.69) is 54.9 Å². The predicted octanol–water partition coefficient (Wildman–Crippen LogP) is 1.28. The number of piperazine rings is 1. The molecule has 2 N–H and O–H groups in total. The third kappa shape index (κ3) is 2.46. The summed E-state index contributed by atoms with van der Waals surface area (Å²) in [5.41, 5.74) is 2.96. The standard InChI is InChI=1S/C15H17N7/c1-3-13(21-8-5-16-6-9-21)4-2-12(1)20-14-15-18-11-19-22(15)10-7-17-14/h1-4,7,10-11,16H,5-6,8-9H2,(H,17,20). The molecule has 22 heavy (non-hydrogen) atoms. The highest BCUT2D eigenvalue weighted by Crippen LogP contribution is 2.22. The first kappa shape index (κ1) is 13.0. The van der Waals surface area contributed by atoms with Crippen molar-refractivity contribution >= 4 is 22.8 Å². The highest BCUT2D eigenvalue weighted by Gasteiger charge is 2.10. The van der Waals surface area contributed by atoms with Crippen LogP contribution in [-0.4, -0.2) is 45.8 Å². The summed E-state index contributed by atoms with van der Waals surface area (Å²) in [4.78, 5) is 10.9. The first-order valence-electron chi connectivity index (χ1n) is 7.37. The van der Waals surface area contributed by atoms with Gasteiger partial charge in [-0.1, -0.05) is 0 Å². The molecule has 0 spiro atoms. The lowest BCUT2D eigenvalue weighted by Gasteiger charge is -2.29. The molecular weight excluding hydrogens is 278 g/mol. The molecule has 0 unspecified atom stereocenters. The Bertz CT molecular complexity index is 759. The van der Waals surface area contributed by atoms with Gasteiger partial charge in [0.2, 0.25) is 0 Å². The van der Waals surface area contributed by atoms with Crippen molar-refractivity contribution in [3.05, 3.63) is 43.0 Å².